The molecule has 5 heteroatoms. The third-order valence-corrected chi connectivity index (χ3v) is 3.70. The van der Waals surface area contributed by atoms with Crippen LogP contribution in [0.5, 0.6) is 0 Å². The molecule has 1 unspecified atom stereocenters. The summed E-state index contributed by atoms with van der Waals surface area (Å²) in [6.07, 6.45) is 2.19. The van der Waals surface area contributed by atoms with Crippen LogP contribution in [0.15, 0.2) is 16.8 Å². The molecule has 0 radical (unpaired) electrons. The van der Waals surface area contributed by atoms with E-state index < -0.39 is 12.0 Å². The summed E-state index contributed by atoms with van der Waals surface area (Å²) >= 11 is 1.64. The summed E-state index contributed by atoms with van der Waals surface area (Å²) in [4.78, 5) is 13.3. The number of hydrogen-bond acceptors (Lipinski definition) is 4. The lowest BCUT2D eigenvalue weighted by atomic mass is 10.2. The molecular weight excluding hydrogens is 238 g/mol. The molecule has 1 aliphatic carbocycles. The minimum atomic E-state index is -0.797. The van der Waals surface area contributed by atoms with Crippen LogP contribution in [0.2, 0.25) is 0 Å². The zero-order valence-electron chi connectivity index (χ0n) is 9.83. The Bertz CT molecular complexity index is 362. The van der Waals surface area contributed by atoms with Crippen molar-refractivity contribution >= 4 is 17.3 Å². The fourth-order valence-corrected chi connectivity index (χ4v) is 2.62. The number of aliphatic carboxylic acids is 1. The van der Waals surface area contributed by atoms with Gasteiger partial charge in [-0.15, -0.1) is 0 Å². The highest BCUT2D eigenvalue weighted by molar-refractivity contribution is 7.07. The highest BCUT2D eigenvalue weighted by Crippen LogP contribution is 2.30. The van der Waals surface area contributed by atoms with Crippen molar-refractivity contribution in [1.82, 2.24) is 4.90 Å². The van der Waals surface area contributed by atoms with E-state index >= 15 is 0 Å². The molecule has 0 bridgehead atoms. The molecule has 1 N–H and O–H groups in total. The minimum Gasteiger partial charge on any atom is -0.480 e. The lowest BCUT2D eigenvalue weighted by molar-refractivity contribution is -0.146. The third kappa shape index (κ3) is 3.28. The monoisotopic (exact) mass is 255 g/mol. The average Bonchev–Trinajstić information content (AvgIpc) is 3.01. The summed E-state index contributed by atoms with van der Waals surface area (Å²) in [6.45, 7) is 0.949. The van der Waals surface area contributed by atoms with Gasteiger partial charge >= 0.3 is 5.97 Å². The Kier molecular flexibility index (Phi) is 4.15. The van der Waals surface area contributed by atoms with Crippen molar-refractivity contribution in [2.75, 3.05) is 13.7 Å². The van der Waals surface area contributed by atoms with Gasteiger partial charge < -0.3 is 9.84 Å². The Balaban J connectivity index is 2.06. The topological polar surface area (TPSA) is 49.8 Å². The Labute approximate surface area is 105 Å². The number of rotatable bonds is 7. The first kappa shape index (κ1) is 12.5. The largest absolute Gasteiger partial charge is 0.480 e. The lowest BCUT2D eigenvalue weighted by Gasteiger charge is -2.28. The van der Waals surface area contributed by atoms with E-state index in [4.69, 9.17) is 4.74 Å². The first-order valence-corrected chi connectivity index (χ1v) is 6.65. The van der Waals surface area contributed by atoms with Crippen molar-refractivity contribution in [3.05, 3.63) is 22.4 Å². The van der Waals surface area contributed by atoms with Crippen molar-refractivity contribution < 1.29 is 14.6 Å². The van der Waals surface area contributed by atoms with Gasteiger partial charge in [0.15, 0.2) is 0 Å². The summed E-state index contributed by atoms with van der Waals surface area (Å²) in [5, 5.41) is 13.4. The predicted octanol–water partition coefficient (Wildman–Crippen LogP) is 1.81. The van der Waals surface area contributed by atoms with Gasteiger partial charge in [-0.1, -0.05) is 0 Å². The first-order valence-electron chi connectivity index (χ1n) is 5.71. The Hall–Kier alpha value is -0.910. The van der Waals surface area contributed by atoms with Gasteiger partial charge in [0.1, 0.15) is 6.04 Å². The van der Waals surface area contributed by atoms with E-state index in [2.05, 4.69) is 5.38 Å². The van der Waals surface area contributed by atoms with Gasteiger partial charge in [-0.2, -0.15) is 11.3 Å². The summed E-state index contributed by atoms with van der Waals surface area (Å²) in [7, 11) is 1.55. The van der Waals surface area contributed by atoms with E-state index in [-0.39, 0.29) is 6.61 Å². The van der Waals surface area contributed by atoms with E-state index in [0.29, 0.717) is 12.6 Å². The van der Waals surface area contributed by atoms with E-state index in [9.17, 15) is 9.90 Å². The second-order valence-electron chi connectivity index (χ2n) is 4.34. The molecule has 1 heterocycles. The zero-order chi connectivity index (χ0) is 12.3. The summed E-state index contributed by atoms with van der Waals surface area (Å²) in [6, 6.07) is 1.92. The van der Waals surface area contributed by atoms with E-state index in [0.717, 1.165) is 12.8 Å². The van der Waals surface area contributed by atoms with Crippen molar-refractivity contribution in [2.45, 2.75) is 31.5 Å². The molecule has 4 nitrogen and oxygen atoms in total. The molecule has 1 fully saturated rings. The molecule has 0 saturated heterocycles. The molecule has 94 valence electrons. The van der Waals surface area contributed by atoms with Crippen molar-refractivity contribution in [3.63, 3.8) is 0 Å². The van der Waals surface area contributed by atoms with Crippen molar-refractivity contribution in [2.24, 2.45) is 0 Å². The number of ether oxygens (including phenoxy) is 1. The first-order chi connectivity index (χ1) is 8.22. The fraction of sp³-hybridized carbons (Fsp3) is 0.583. The average molecular weight is 255 g/mol. The molecule has 1 saturated carbocycles. The molecule has 2 rings (SSSR count). The van der Waals surface area contributed by atoms with Crippen LogP contribution in [-0.4, -0.2) is 41.8 Å². The maximum atomic E-state index is 11.3. The van der Waals surface area contributed by atoms with E-state index in [1.165, 1.54) is 5.56 Å². The number of nitrogens with zero attached hydrogens (tertiary/aromatic N) is 1. The molecule has 0 amide bonds. The van der Waals surface area contributed by atoms with Crippen LogP contribution >= 0.6 is 11.3 Å². The highest BCUT2D eigenvalue weighted by atomic mass is 32.1. The van der Waals surface area contributed by atoms with Crippen LogP contribution in [0.3, 0.4) is 0 Å². The SMILES string of the molecule is COCC(C(=O)O)N(Cc1ccsc1)C1CC1. The van der Waals surface area contributed by atoms with Crippen molar-refractivity contribution in [1.29, 1.82) is 0 Å². The number of hydrogen-bond donors (Lipinski definition) is 1. The van der Waals surface area contributed by atoms with Crippen LogP contribution in [0.1, 0.15) is 18.4 Å². The smallest absolute Gasteiger partial charge is 0.323 e. The van der Waals surface area contributed by atoms with Gasteiger partial charge in [0, 0.05) is 19.7 Å². The minimum absolute atomic E-state index is 0.246. The number of thiophene rings is 1. The Morgan fingerprint density at radius 3 is 2.94 bits per heavy atom. The van der Waals surface area contributed by atoms with Crippen LogP contribution in [0, 0.1) is 0 Å². The zero-order valence-corrected chi connectivity index (χ0v) is 10.7. The summed E-state index contributed by atoms with van der Waals surface area (Å²) in [5.41, 5.74) is 1.18. The van der Waals surface area contributed by atoms with Gasteiger partial charge in [-0.3, -0.25) is 9.69 Å². The molecule has 17 heavy (non-hydrogen) atoms. The maximum absolute atomic E-state index is 11.3. The van der Waals surface area contributed by atoms with Crippen LogP contribution in [0.4, 0.5) is 0 Å². The van der Waals surface area contributed by atoms with E-state index in [1.54, 1.807) is 18.4 Å². The number of carboxylic acid groups (broad SMARTS) is 1. The van der Waals surface area contributed by atoms with Gasteiger partial charge in [0.05, 0.1) is 6.61 Å². The maximum Gasteiger partial charge on any atom is 0.323 e. The summed E-state index contributed by atoms with van der Waals surface area (Å²) in [5.74, 6) is -0.797. The number of methoxy groups -OCH3 is 1. The normalized spacial score (nSPS) is 17.3. The molecule has 1 atom stereocenters. The molecule has 0 aliphatic heterocycles. The fourth-order valence-electron chi connectivity index (χ4n) is 1.96. The molecule has 1 aromatic rings. The van der Waals surface area contributed by atoms with Gasteiger partial charge in [0.2, 0.25) is 0 Å². The molecule has 1 aliphatic rings. The van der Waals surface area contributed by atoms with Crippen molar-refractivity contribution in [3.8, 4) is 0 Å². The van der Waals surface area contributed by atoms with Crippen LogP contribution in [-0.2, 0) is 16.1 Å². The summed E-state index contributed by atoms with van der Waals surface area (Å²) < 4.78 is 5.02. The Morgan fingerprint density at radius 1 is 1.71 bits per heavy atom. The standard InChI is InChI=1S/C12H17NO3S/c1-16-7-11(12(14)15)13(10-2-3-10)6-9-4-5-17-8-9/h4-5,8,10-11H,2-3,6-7H2,1H3,(H,14,15). The van der Waals surface area contributed by atoms with Gasteiger partial charge in [0.25, 0.3) is 0 Å². The van der Waals surface area contributed by atoms with E-state index in [1.807, 2.05) is 16.3 Å². The Morgan fingerprint density at radius 2 is 2.47 bits per heavy atom. The third-order valence-electron chi connectivity index (χ3n) is 2.97. The van der Waals surface area contributed by atoms with Crippen LogP contribution < -0.4 is 0 Å². The number of carbonyl (C=O) groups is 1. The molecule has 0 spiro atoms. The quantitative estimate of drug-likeness (QED) is 0.807. The van der Waals surface area contributed by atoms with Gasteiger partial charge in [-0.05, 0) is 35.2 Å². The number of carboxylic acids is 1. The second-order valence-corrected chi connectivity index (χ2v) is 5.12. The second kappa shape index (κ2) is 5.62. The van der Waals surface area contributed by atoms with Gasteiger partial charge in [-0.25, -0.2) is 0 Å². The highest BCUT2D eigenvalue weighted by Gasteiger charge is 2.37. The molecular formula is C12H17NO3S. The predicted molar refractivity (Wildman–Crippen MR) is 66.2 cm³/mol. The van der Waals surface area contributed by atoms with Crippen LogP contribution in [0.25, 0.3) is 0 Å². The lowest BCUT2D eigenvalue weighted by Crippen LogP contribution is -2.45. The molecule has 0 aromatic carbocycles. The molecule has 1 aromatic heterocycles.